The smallest absolute Gasteiger partial charge is 0.407 e. The van der Waals surface area contributed by atoms with Crippen LogP contribution in [0.2, 0.25) is 0 Å². The zero-order chi connectivity index (χ0) is 23.4. The number of nitrogens with one attached hydrogen (secondary N) is 2. The van der Waals surface area contributed by atoms with Crippen molar-refractivity contribution in [3.8, 4) is 11.1 Å². The average molecular weight is 448 g/mol. The first-order chi connectivity index (χ1) is 15.9. The summed E-state index contributed by atoms with van der Waals surface area (Å²) in [6.07, 6.45) is 0.387. The van der Waals surface area contributed by atoms with Crippen LogP contribution < -0.4 is 21.3 Å². The van der Waals surface area contributed by atoms with Gasteiger partial charge < -0.3 is 26.0 Å². The van der Waals surface area contributed by atoms with Crippen molar-refractivity contribution in [3.05, 3.63) is 78.1 Å². The van der Waals surface area contributed by atoms with Crippen molar-refractivity contribution in [2.24, 2.45) is 0 Å². The minimum Gasteiger partial charge on any atom is -0.453 e. The molecule has 33 heavy (non-hydrogen) atoms. The molecule has 4 N–H and O–H groups in total. The first-order valence-corrected chi connectivity index (χ1v) is 10.6. The van der Waals surface area contributed by atoms with Crippen molar-refractivity contribution in [2.75, 3.05) is 36.1 Å². The molecule has 1 saturated heterocycles. The highest BCUT2D eigenvalue weighted by atomic mass is 19.1. The van der Waals surface area contributed by atoms with Gasteiger partial charge >= 0.3 is 6.09 Å². The summed E-state index contributed by atoms with van der Waals surface area (Å²) in [5.41, 5.74) is 10.1. The van der Waals surface area contributed by atoms with Crippen molar-refractivity contribution in [1.29, 1.82) is 0 Å². The van der Waals surface area contributed by atoms with Gasteiger partial charge in [0, 0.05) is 24.3 Å². The Hall–Kier alpha value is -4.07. The number of methoxy groups -OCH3 is 1. The van der Waals surface area contributed by atoms with E-state index in [9.17, 15) is 14.0 Å². The van der Waals surface area contributed by atoms with E-state index in [4.69, 9.17) is 5.73 Å². The number of nitrogen functional groups attached to an aromatic ring is 1. The molecule has 170 valence electrons. The van der Waals surface area contributed by atoms with Gasteiger partial charge in [-0.15, -0.1) is 0 Å². The second-order valence-electron chi connectivity index (χ2n) is 7.88. The first kappa shape index (κ1) is 22.1. The third kappa shape index (κ3) is 5.23. The summed E-state index contributed by atoms with van der Waals surface area (Å²) in [7, 11) is 1.35. The molecule has 7 nitrogen and oxygen atoms in total. The molecular weight excluding hydrogens is 423 g/mol. The number of benzene rings is 3. The number of ether oxygens (including phenoxy) is 1. The van der Waals surface area contributed by atoms with Crippen LogP contribution >= 0.6 is 0 Å². The molecule has 0 aliphatic carbocycles. The predicted octanol–water partition coefficient (Wildman–Crippen LogP) is 4.26. The summed E-state index contributed by atoms with van der Waals surface area (Å²) in [6, 6.07) is 18.7. The maximum atomic E-state index is 13.2. The number of anilines is 3. The third-order valence-corrected chi connectivity index (χ3v) is 5.67. The first-order valence-electron chi connectivity index (χ1n) is 10.6. The summed E-state index contributed by atoms with van der Waals surface area (Å²) < 4.78 is 17.9. The molecule has 3 aromatic carbocycles. The van der Waals surface area contributed by atoms with Gasteiger partial charge in [0.05, 0.1) is 24.5 Å². The van der Waals surface area contributed by atoms with Crippen molar-refractivity contribution in [3.63, 3.8) is 0 Å². The molecular formula is C25H25FN4O3. The lowest BCUT2D eigenvalue weighted by Crippen LogP contribution is -2.36. The number of rotatable bonds is 5. The highest BCUT2D eigenvalue weighted by molar-refractivity contribution is 6.06. The van der Waals surface area contributed by atoms with E-state index in [2.05, 4.69) is 20.3 Å². The van der Waals surface area contributed by atoms with Crippen LogP contribution in [-0.4, -0.2) is 38.2 Å². The lowest BCUT2D eigenvalue weighted by atomic mass is 10.0. The standard InChI is InChI=1S/C25H25FN4O3/c1-33-25(32)28-20-12-13-30(15-20)21-9-4-17(5-10-21)24(31)29-23-14-18(6-11-22(23)27)16-2-7-19(26)8-3-16/h2-11,14,20H,12-13,15,27H2,1H3,(H,28,32)(H,29,31). The minimum absolute atomic E-state index is 0.0248. The summed E-state index contributed by atoms with van der Waals surface area (Å²) >= 11 is 0. The van der Waals surface area contributed by atoms with Crippen molar-refractivity contribution >= 4 is 29.1 Å². The van der Waals surface area contributed by atoms with Gasteiger partial charge in [-0.1, -0.05) is 18.2 Å². The number of hydrogen-bond donors (Lipinski definition) is 3. The predicted molar refractivity (Wildman–Crippen MR) is 127 cm³/mol. The van der Waals surface area contributed by atoms with Gasteiger partial charge in [-0.05, 0) is 66.1 Å². The average Bonchev–Trinajstić information content (AvgIpc) is 3.29. The van der Waals surface area contributed by atoms with E-state index in [0.717, 1.165) is 29.8 Å². The van der Waals surface area contributed by atoms with Crippen LogP contribution in [0.3, 0.4) is 0 Å². The van der Waals surface area contributed by atoms with Gasteiger partial charge in [0.15, 0.2) is 0 Å². The van der Waals surface area contributed by atoms with Crippen molar-refractivity contribution < 1.29 is 18.7 Å². The highest BCUT2D eigenvalue weighted by Crippen LogP contribution is 2.28. The van der Waals surface area contributed by atoms with Gasteiger partial charge in [0.2, 0.25) is 0 Å². The maximum Gasteiger partial charge on any atom is 0.407 e. The second-order valence-corrected chi connectivity index (χ2v) is 7.88. The number of carbonyl (C=O) groups is 2. The highest BCUT2D eigenvalue weighted by Gasteiger charge is 2.24. The fourth-order valence-corrected chi connectivity index (χ4v) is 3.84. The van der Waals surface area contributed by atoms with E-state index >= 15 is 0 Å². The lowest BCUT2D eigenvalue weighted by molar-refractivity contribution is 0.102. The molecule has 1 unspecified atom stereocenters. The van der Waals surface area contributed by atoms with Crippen LogP contribution in [0.5, 0.6) is 0 Å². The molecule has 0 saturated carbocycles. The van der Waals surface area contributed by atoms with Gasteiger partial charge in [-0.3, -0.25) is 4.79 Å². The van der Waals surface area contributed by atoms with E-state index in [1.165, 1.54) is 19.2 Å². The number of nitrogens with two attached hydrogens (primary N) is 1. The van der Waals surface area contributed by atoms with Crippen molar-refractivity contribution in [2.45, 2.75) is 12.5 Å². The molecule has 2 amide bonds. The molecule has 0 bridgehead atoms. The van der Waals surface area contributed by atoms with Gasteiger partial charge in [0.1, 0.15) is 5.82 Å². The monoisotopic (exact) mass is 448 g/mol. The molecule has 0 spiro atoms. The van der Waals surface area contributed by atoms with Crippen LogP contribution in [0, 0.1) is 5.82 Å². The SMILES string of the molecule is COC(=O)NC1CCN(c2ccc(C(=O)Nc3cc(-c4ccc(F)cc4)ccc3N)cc2)C1. The Bertz CT molecular complexity index is 1150. The van der Waals surface area contributed by atoms with Gasteiger partial charge in [-0.25, -0.2) is 9.18 Å². The number of amides is 2. The van der Waals surface area contributed by atoms with E-state index in [0.29, 0.717) is 23.5 Å². The van der Waals surface area contributed by atoms with E-state index in [1.54, 1.807) is 36.4 Å². The summed E-state index contributed by atoms with van der Waals surface area (Å²) in [4.78, 5) is 26.4. The van der Waals surface area contributed by atoms with Crippen LogP contribution in [0.15, 0.2) is 66.7 Å². The van der Waals surface area contributed by atoms with E-state index in [-0.39, 0.29) is 17.8 Å². The number of carbonyl (C=O) groups excluding carboxylic acids is 2. The zero-order valence-electron chi connectivity index (χ0n) is 18.2. The normalized spacial score (nSPS) is 15.2. The fourth-order valence-electron chi connectivity index (χ4n) is 3.84. The lowest BCUT2D eigenvalue weighted by Gasteiger charge is -2.19. The Balaban J connectivity index is 1.42. The molecule has 0 radical (unpaired) electrons. The van der Waals surface area contributed by atoms with Gasteiger partial charge in [-0.2, -0.15) is 0 Å². The summed E-state index contributed by atoms with van der Waals surface area (Å²) in [5.74, 6) is -0.591. The number of alkyl carbamates (subject to hydrolysis) is 1. The Labute approximate surface area is 191 Å². The molecule has 8 heteroatoms. The zero-order valence-corrected chi connectivity index (χ0v) is 18.2. The van der Waals surface area contributed by atoms with E-state index < -0.39 is 6.09 Å². The molecule has 1 aliphatic heterocycles. The minimum atomic E-state index is -0.434. The summed E-state index contributed by atoms with van der Waals surface area (Å²) in [6.45, 7) is 1.47. The molecule has 1 atom stereocenters. The molecule has 1 heterocycles. The molecule has 3 aromatic rings. The molecule has 4 rings (SSSR count). The number of nitrogens with zero attached hydrogens (tertiary/aromatic N) is 1. The van der Waals surface area contributed by atoms with Crippen LogP contribution in [0.1, 0.15) is 16.8 Å². The number of hydrogen-bond acceptors (Lipinski definition) is 5. The molecule has 1 aliphatic rings. The Morgan fingerprint density at radius 3 is 2.42 bits per heavy atom. The van der Waals surface area contributed by atoms with E-state index in [1.807, 2.05) is 18.2 Å². The van der Waals surface area contributed by atoms with Crippen molar-refractivity contribution in [1.82, 2.24) is 5.32 Å². The molecule has 1 fully saturated rings. The second kappa shape index (κ2) is 9.60. The van der Waals surface area contributed by atoms with Crippen LogP contribution in [-0.2, 0) is 4.74 Å². The third-order valence-electron chi connectivity index (χ3n) is 5.67. The quantitative estimate of drug-likeness (QED) is 0.507. The maximum absolute atomic E-state index is 13.2. The Morgan fingerprint density at radius 1 is 1.03 bits per heavy atom. The van der Waals surface area contributed by atoms with Gasteiger partial charge in [0.25, 0.3) is 5.91 Å². The van der Waals surface area contributed by atoms with Crippen LogP contribution in [0.4, 0.5) is 26.2 Å². The Morgan fingerprint density at radius 2 is 1.73 bits per heavy atom. The topological polar surface area (TPSA) is 96.7 Å². The van der Waals surface area contributed by atoms with Crippen LogP contribution in [0.25, 0.3) is 11.1 Å². The summed E-state index contributed by atoms with van der Waals surface area (Å²) in [5, 5.41) is 5.67. The number of halogens is 1. The molecule has 0 aromatic heterocycles. The Kier molecular flexibility index (Phi) is 6.44. The fraction of sp³-hybridized carbons (Fsp3) is 0.200. The largest absolute Gasteiger partial charge is 0.453 e.